The summed E-state index contributed by atoms with van der Waals surface area (Å²) in [6.07, 6.45) is 0. The molecule has 10 rings (SSSR count). The van der Waals surface area contributed by atoms with Crippen LogP contribution in [0.2, 0.25) is 0 Å². The maximum atomic E-state index is 6.93. The Morgan fingerprint density at radius 3 is 1.33 bits per heavy atom. The number of fused-ring (bicyclic) bond motifs is 7. The summed E-state index contributed by atoms with van der Waals surface area (Å²) in [6, 6.07) is 66.1. The van der Waals surface area contributed by atoms with Gasteiger partial charge in [0.15, 0.2) is 5.58 Å². The van der Waals surface area contributed by atoms with Gasteiger partial charge in [0, 0.05) is 32.9 Å². The first-order chi connectivity index (χ1) is 25.3. The zero-order chi connectivity index (χ0) is 33.7. The van der Waals surface area contributed by atoms with Crippen LogP contribution in [0.4, 0.5) is 17.1 Å². The van der Waals surface area contributed by atoms with Crippen molar-refractivity contribution < 1.29 is 8.83 Å². The van der Waals surface area contributed by atoms with Gasteiger partial charge in [0.2, 0.25) is 0 Å². The standard InChI is InChI=1S/C48H31NO2/c1-4-12-32(13-5-1)35-20-24-38(25-21-35)49(39-26-22-36(23-27-39)33-14-6-2-7-15-33)42-31-37(34-16-8-3-9-17-34)30-41-47-45(51-48(41)42)29-28-44-46(47)40-18-10-11-19-43(40)50-44/h1-31H. The van der Waals surface area contributed by atoms with Crippen molar-refractivity contribution in [3.05, 3.63) is 188 Å². The fourth-order valence-corrected chi connectivity index (χ4v) is 7.42. The molecule has 0 amide bonds. The average Bonchev–Trinajstić information content (AvgIpc) is 3.78. The Morgan fingerprint density at radius 2 is 0.765 bits per heavy atom. The Labute approximate surface area is 295 Å². The van der Waals surface area contributed by atoms with Crippen LogP contribution in [0.1, 0.15) is 0 Å². The van der Waals surface area contributed by atoms with Gasteiger partial charge in [0.1, 0.15) is 16.7 Å². The molecule has 0 spiro atoms. The highest BCUT2D eigenvalue weighted by Gasteiger charge is 2.24. The van der Waals surface area contributed by atoms with Crippen LogP contribution < -0.4 is 4.90 Å². The molecule has 240 valence electrons. The predicted molar refractivity (Wildman–Crippen MR) is 212 cm³/mol. The van der Waals surface area contributed by atoms with E-state index in [2.05, 4.69) is 169 Å². The molecule has 2 aromatic heterocycles. The van der Waals surface area contributed by atoms with E-state index in [1.165, 1.54) is 22.3 Å². The minimum atomic E-state index is 0.821. The fraction of sp³-hybridized carbons (Fsp3) is 0. The normalized spacial score (nSPS) is 11.5. The Hall–Kier alpha value is -6.84. The van der Waals surface area contributed by atoms with Gasteiger partial charge in [-0.1, -0.05) is 133 Å². The number of nitrogens with zero attached hydrogens (tertiary/aromatic N) is 1. The van der Waals surface area contributed by atoms with Crippen molar-refractivity contribution in [3.8, 4) is 33.4 Å². The summed E-state index contributed by atoms with van der Waals surface area (Å²) < 4.78 is 13.3. The summed E-state index contributed by atoms with van der Waals surface area (Å²) in [4.78, 5) is 2.32. The lowest BCUT2D eigenvalue weighted by Crippen LogP contribution is -2.10. The number of benzene rings is 8. The molecular weight excluding hydrogens is 623 g/mol. The van der Waals surface area contributed by atoms with Crippen molar-refractivity contribution in [2.24, 2.45) is 0 Å². The SMILES string of the molecule is c1ccc(-c2ccc(N(c3ccc(-c4ccccc4)cc3)c3cc(-c4ccccc4)cc4c3oc3ccc5oc6ccccc6c5c34)cc2)cc1. The monoisotopic (exact) mass is 653 g/mol. The highest BCUT2D eigenvalue weighted by Crippen LogP contribution is 2.47. The highest BCUT2D eigenvalue weighted by atomic mass is 16.3. The third kappa shape index (κ3) is 4.98. The molecule has 0 aliphatic heterocycles. The van der Waals surface area contributed by atoms with Gasteiger partial charge in [-0.25, -0.2) is 0 Å². The number of anilines is 3. The molecule has 0 aliphatic rings. The van der Waals surface area contributed by atoms with Crippen LogP contribution in [0.3, 0.4) is 0 Å². The molecule has 0 bridgehead atoms. The third-order valence-corrected chi connectivity index (χ3v) is 9.87. The van der Waals surface area contributed by atoms with E-state index >= 15 is 0 Å². The summed E-state index contributed by atoms with van der Waals surface area (Å²) in [5.41, 5.74) is 13.3. The summed E-state index contributed by atoms with van der Waals surface area (Å²) in [5.74, 6) is 0. The lowest BCUT2D eigenvalue weighted by molar-refractivity contribution is 0.663. The van der Waals surface area contributed by atoms with E-state index in [9.17, 15) is 0 Å². The van der Waals surface area contributed by atoms with Gasteiger partial charge in [-0.2, -0.15) is 0 Å². The topological polar surface area (TPSA) is 29.5 Å². The lowest BCUT2D eigenvalue weighted by Gasteiger charge is -2.26. The van der Waals surface area contributed by atoms with Crippen LogP contribution in [-0.4, -0.2) is 0 Å². The second-order valence-corrected chi connectivity index (χ2v) is 12.9. The van der Waals surface area contributed by atoms with E-state index in [0.29, 0.717) is 0 Å². The van der Waals surface area contributed by atoms with E-state index in [-0.39, 0.29) is 0 Å². The van der Waals surface area contributed by atoms with Gasteiger partial charge in [0.25, 0.3) is 0 Å². The molecule has 0 radical (unpaired) electrons. The van der Waals surface area contributed by atoms with Crippen LogP contribution in [0.15, 0.2) is 197 Å². The van der Waals surface area contributed by atoms with Crippen molar-refractivity contribution in [2.75, 3.05) is 4.90 Å². The Morgan fingerprint density at radius 1 is 0.314 bits per heavy atom. The van der Waals surface area contributed by atoms with Gasteiger partial charge in [-0.05, 0) is 88.0 Å². The molecule has 3 nitrogen and oxygen atoms in total. The molecule has 0 atom stereocenters. The van der Waals surface area contributed by atoms with Gasteiger partial charge < -0.3 is 13.7 Å². The van der Waals surface area contributed by atoms with E-state index in [0.717, 1.165) is 72.1 Å². The molecule has 8 aromatic carbocycles. The summed E-state index contributed by atoms with van der Waals surface area (Å²) >= 11 is 0. The zero-order valence-electron chi connectivity index (χ0n) is 27.7. The minimum Gasteiger partial charge on any atom is -0.456 e. The van der Waals surface area contributed by atoms with Crippen molar-refractivity contribution in [1.82, 2.24) is 0 Å². The van der Waals surface area contributed by atoms with Crippen molar-refractivity contribution in [3.63, 3.8) is 0 Å². The highest BCUT2D eigenvalue weighted by molar-refractivity contribution is 6.27. The minimum absolute atomic E-state index is 0.821. The van der Waals surface area contributed by atoms with Gasteiger partial charge in [-0.15, -0.1) is 0 Å². The average molecular weight is 654 g/mol. The van der Waals surface area contributed by atoms with E-state index in [4.69, 9.17) is 8.83 Å². The molecule has 2 heterocycles. The molecule has 0 saturated heterocycles. The maximum Gasteiger partial charge on any atom is 0.159 e. The molecule has 0 aliphatic carbocycles. The van der Waals surface area contributed by atoms with Gasteiger partial charge >= 0.3 is 0 Å². The molecule has 0 N–H and O–H groups in total. The quantitative estimate of drug-likeness (QED) is 0.179. The van der Waals surface area contributed by atoms with E-state index in [1.54, 1.807) is 0 Å². The number of hydrogen-bond acceptors (Lipinski definition) is 3. The molecule has 0 unspecified atom stereocenters. The molecular formula is C48H31NO2. The largest absolute Gasteiger partial charge is 0.456 e. The molecule has 0 saturated carbocycles. The Balaban J connectivity index is 1.25. The van der Waals surface area contributed by atoms with E-state index in [1.807, 2.05) is 24.3 Å². The lowest BCUT2D eigenvalue weighted by atomic mass is 9.98. The number of furan rings is 2. The third-order valence-electron chi connectivity index (χ3n) is 9.87. The Bertz CT molecular complexity index is 2730. The summed E-state index contributed by atoms with van der Waals surface area (Å²) in [6.45, 7) is 0. The first-order valence-corrected chi connectivity index (χ1v) is 17.3. The Kier molecular flexibility index (Phi) is 6.81. The number of para-hydroxylation sites is 1. The maximum absolute atomic E-state index is 6.93. The smallest absolute Gasteiger partial charge is 0.159 e. The van der Waals surface area contributed by atoms with Gasteiger partial charge in [-0.3, -0.25) is 0 Å². The summed E-state index contributed by atoms with van der Waals surface area (Å²) in [7, 11) is 0. The summed E-state index contributed by atoms with van der Waals surface area (Å²) in [5, 5.41) is 4.26. The first-order valence-electron chi connectivity index (χ1n) is 17.3. The predicted octanol–water partition coefficient (Wildman–Crippen LogP) is 14.0. The zero-order valence-corrected chi connectivity index (χ0v) is 27.7. The fourth-order valence-electron chi connectivity index (χ4n) is 7.42. The van der Waals surface area contributed by atoms with Crippen LogP contribution >= 0.6 is 0 Å². The van der Waals surface area contributed by atoms with Crippen molar-refractivity contribution >= 4 is 60.9 Å². The molecule has 10 aromatic rings. The second-order valence-electron chi connectivity index (χ2n) is 12.9. The van der Waals surface area contributed by atoms with E-state index < -0.39 is 0 Å². The number of rotatable bonds is 6. The van der Waals surface area contributed by atoms with Crippen LogP contribution in [0.5, 0.6) is 0 Å². The number of hydrogen-bond donors (Lipinski definition) is 0. The van der Waals surface area contributed by atoms with Gasteiger partial charge in [0.05, 0.1) is 5.69 Å². The first kappa shape index (κ1) is 29.1. The molecule has 0 fully saturated rings. The van der Waals surface area contributed by atoms with Crippen molar-refractivity contribution in [1.29, 1.82) is 0 Å². The van der Waals surface area contributed by atoms with Crippen LogP contribution in [0.25, 0.3) is 77.3 Å². The van der Waals surface area contributed by atoms with Crippen molar-refractivity contribution in [2.45, 2.75) is 0 Å². The molecule has 3 heteroatoms. The van der Waals surface area contributed by atoms with Crippen LogP contribution in [0, 0.1) is 0 Å². The second kappa shape index (κ2) is 11.9. The van der Waals surface area contributed by atoms with Crippen LogP contribution in [-0.2, 0) is 0 Å². The molecule has 51 heavy (non-hydrogen) atoms.